The monoisotopic (exact) mass is 414 g/mol. The predicted octanol–water partition coefficient (Wildman–Crippen LogP) is 4.89. The minimum absolute atomic E-state index is 0.0140. The van der Waals surface area contributed by atoms with E-state index in [-0.39, 0.29) is 12.4 Å². The molecular weight excluding hydrogens is 384 g/mol. The van der Waals surface area contributed by atoms with Crippen LogP contribution in [0.15, 0.2) is 30.3 Å². The number of rotatable bonds is 9. The third-order valence-electron chi connectivity index (χ3n) is 4.54. The van der Waals surface area contributed by atoms with Gasteiger partial charge in [0.2, 0.25) is 5.75 Å². The summed E-state index contributed by atoms with van der Waals surface area (Å²) in [5.74, 6) is 2.80. The molecule has 0 atom stereocenters. The molecule has 0 heterocycles. The number of carbonyl (C=O) groups excluding carboxylic acids is 1. The van der Waals surface area contributed by atoms with Gasteiger partial charge in [-0.25, -0.2) is 0 Å². The fourth-order valence-electron chi connectivity index (χ4n) is 2.66. The minimum atomic E-state index is -0.461. The Bertz CT molecular complexity index is 883. The Kier molecular flexibility index (Phi) is 7.75. The van der Waals surface area contributed by atoms with Crippen LogP contribution in [0.2, 0.25) is 0 Å². The van der Waals surface area contributed by atoms with Crippen molar-refractivity contribution in [2.45, 2.75) is 20.8 Å². The van der Waals surface area contributed by atoms with Crippen LogP contribution in [-0.4, -0.2) is 40.8 Å². The van der Waals surface area contributed by atoms with Crippen molar-refractivity contribution in [1.29, 1.82) is 0 Å². The SMILES string of the molecule is COc1ccc(/C=C\c2cc(OC)c(OC)c(OC)c2)cc1OCC(=O)C(C)(C)C. The Balaban J connectivity index is 2.28. The van der Waals surface area contributed by atoms with Gasteiger partial charge in [-0.2, -0.15) is 0 Å². The number of hydrogen-bond acceptors (Lipinski definition) is 6. The molecule has 162 valence electrons. The Labute approximate surface area is 178 Å². The first-order valence-electron chi connectivity index (χ1n) is 9.55. The van der Waals surface area contributed by atoms with Crippen LogP contribution in [0.25, 0.3) is 12.2 Å². The predicted molar refractivity (Wildman–Crippen MR) is 118 cm³/mol. The molecule has 0 saturated carbocycles. The van der Waals surface area contributed by atoms with E-state index in [4.69, 9.17) is 23.7 Å². The van der Waals surface area contributed by atoms with Gasteiger partial charge < -0.3 is 23.7 Å². The van der Waals surface area contributed by atoms with E-state index in [1.165, 1.54) is 0 Å². The summed E-state index contributed by atoms with van der Waals surface area (Å²) in [7, 11) is 6.30. The lowest BCUT2D eigenvalue weighted by Crippen LogP contribution is -2.26. The molecule has 0 aliphatic carbocycles. The summed E-state index contributed by atoms with van der Waals surface area (Å²) in [6, 6.07) is 9.28. The van der Waals surface area contributed by atoms with Crippen molar-refractivity contribution in [3.63, 3.8) is 0 Å². The van der Waals surface area contributed by atoms with Gasteiger partial charge in [-0.15, -0.1) is 0 Å². The topological polar surface area (TPSA) is 63.2 Å². The van der Waals surface area contributed by atoms with Gasteiger partial charge in [-0.1, -0.05) is 39.0 Å². The molecule has 0 bridgehead atoms. The summed E-state index contributed by atoms with van der Waals surface area (Å²) >= 11 is 0. The minimum Gasteiger partial charge on any atom is -0.493 e. The van der Waals surface area contributed by atoms with Crippen LogP contribution >= 0.6 is 0 Å². The molecule has 0 unspecified atom stereocenters. The first-order chi connectivity index (χ1) is 14.2. The smallest absolute Gasteiger partial charge is 0.203 e. The van der Waals surface area contributed by atoms with E-state index in [9.17, 15) is 4.79 Å². The van der Waals surface area contributed by atoms with Crippen LogP contribution in [0.5, 0.6) is 28.7 Å². The zero-order valence-electron chi connectivity index (χ0n) is 18.7. The van der Waals surface area contributed by atoms with E-state index in [0.29, 0.717) is 28.7 Å². The summed E-state index contributed by atoms with van der Waals surface area (Å²) < 4.78 is 27.3. The lowest BCUT2D eigenvalue weighted by molar-refractivity contribution is -0.128. The first-order valence-corrected chi connectivity index (χ1v) is 9.55. The van der Waals surface area contributed by atoms with E-state index in [1.807, 2.05) is 63.3 Å². The number of hydrogen-bond donors (Lipinski definition) is 0. The summed E-state index contributed by atoms with van der Waals surface area (Å²) in [5.41, 5.74) is 1.31. The van der Waals surface area contributed by atoms with Crippen LogP contribution in [0.3, 0.4) is 0 Å². The highest BCUT2D eigenvalue weighted by molar-refractivity contribution is 5.85. The average Bonchev–Trinajstić information content (AvgIpc) is 2.74. The standard InChI is InChI=1S/C24H30O6/c1-24(2,3)22(25)15-30-19-12-16(10-11-18(19)26-4)8-9-17-13-20(27-5)23(29-7)21(14-17)28-6/h8-14H,15H2,1-7H3/b9-8-. The molecule has 0 aliphatic heterocycles. The number of ether oxygens (including phenoxy) is 5. The lowest BCUT2D eigenvalue weighted by atomic mass is 9.91. The molecule has 0 aromatic heterocycles. The fraction of sp³-hybridized carbons (Fsp3) is 0.375. The molecule has 0 radical (unpaired) electrons. The van der Waals surface area contributed by atoms with Crippen molar-refractivity contribution in [2.75, 3.05) is 35.0 Å². The second-order valence-corrected chi connectivity index (χ2v) is 7.66. The van der Waals surface area contributed by atoms with Crippen LogP contribution in [0, 0.1) is 5.41 Å². The Hall–Kier alpha value is -3.15. The van der Waals surface area contributed by atoms with E-state index in [1.54, 1.807) is 28.4 Å². The number of carbonyl (C=O) groups is 1. The largest absolute Gasteiger partial charge is 0.493 e. The first kappa shape index (κ1) is 23.1. The maximum atomic E-state index is 12.2. The van der Waals surface area contributed by atoms with Gasteiger partial charge in [0.25, 0.3) is 0 Å². The summed E-state index contributed by atoms with van der Waals surface area (Å²) in [6.07, 6.45) is 3.86. The molecule has 30 heavy (non-hydrogen) atoms. The van der Waals surface area contributed by atoms with Crippen molar-refractivity contribution in [1.82, 2.24) is 0 Å². The average molecular weight is 414 g/mol. The maximum Gasteiger partial charge on any atom is 0.203 e. The third kappa shape index (κ3) is 5.69. The highest BCUT2D eigenvalue weighted by atomic mass is 16.5. The van der Waals surface area contributed by atoms with E-state index >= 15 is 0 Å². The Morgan fingerprint density at radius 1 is 0.767 bits per heavy atom. The molecular formula is C24H30O6. The van der Waals surface area contributed by atoms with Crippen LogP contribution in [-0.2, 0) is 4.79 Å². The second-order valence-electron chi connectivity index (χ2n) is 7.66. The molecule has 0 saturated heterocycles. The van der Waals surface area contributed by atoms with Crippen molar-refractivity contribution in [3.05, 3.63) is 41.5 Å². The number of ketones is 1. The van der Waals surface area contributed by atoms with Gasteiger partial charge in [-0.05, 0) is 35.4 Å². The highest BCUT2D eigenvalue weighted by Gasteiger charge is 2.22. The number of Topliss-reactive ketones (excluding diaryl/α,β-unsaturated/α-hetero) is 1. The summed E-state index contributed by atoms with van der Waals surface area (Å²) in [4.78, 5) is 12.2. The van der Waals surface area contributed by atoms with E-state index in [2.05, 4.69) is 0 Å². The third-order valence-corrected chi connectivity index (χ3v) is 4.54. The second kappa shape index (κ2) is 10.1. The zero-order valence-corrected chi connectivity index (χ0v) is 18.7. The van der Waals surface area contributed by atoms with Gasteiger partial charge in [0.05, 0.1) is 28.4 Å². The molecule has 2 rings (SSSR count). The van der Waals surface area contributed by atoms with Crippen LogP contribution in [0.4, 0.5) is 0 Å². The number of methoxy groups -OCH3 is 4. The number of benzene rings is 2. The quantitative estimate of drug-likeness (QED) is 0.545. The van der Waals surface area contributed by atoms with Crippen LogP contribution < -0.4 is 23.7 Å². The molecule has 0 spiro atoms. The van der Waals surface area contributed by atoms with E-state index in [0.717, 1.165) is 11.1 Å². The molecule has 2 aromatic rings. The summed E-state index contributed by atoms with van der Waals surface area (Å²) in [5, 5.41) is 0. The van der Waals surface area contributed by atoms with Gasteiger partial charge in [-0.3, -0.25) is 4.79 Å². The van der Waals surface area contributed by atoms with Crippen molar-refractivity contribution in [3.8, 4) is 28.7 Å². The normalized spacial score (nSPS) is 11.3. The van der Waals surface area contributed by atoms with E-state index < -0.39 is 5.41 Å². The van der Waals surface area contributed by atoms with Crippen molar-refractivity contribution >= 4 is 17.9 Å². The molecule has 6 nitrogen and oxygen atoms in total. The van der Waals surface area contributed by atoms with Crippen molar-refractivity contribution < 1.29 is 28.5 Å². The molecule has 0 amide bonds. The summed E-state index contributed by atoms with van der Waals surface area (Å²) in [6.45, 7) is 5.59. The molecule has 0 fully saturated rings. The van der Waals surface area contributed by atoms with Gasteiger partial charge in [0, 0.05) is 5.41 Å². The van der Waals surface area contributed by atoms with Gasteiger partial charge >= 0.3 is 0 Å². The highest BCUT2D eigenvalue weighted by Crippen LogP contribution is 2.38. The van der Waals surface area contributed by atoms with Crippen molar-refractivity contribution in [2.24, 2.45) is 5.41 Å². The van der Waals surface area contributed by atoms with Gasteiger partial charge in [0.1, 0.15) is 6.61 Å². The van der Waals surface area contributed by atoms with Gasteiger partial charge in [0.15, 0.2) is 28.8 Å². The van der Waals surface area contributed by atoms with Crippen LogP contribution in [0.1, 0.15) is 31.9 Å². The lowest BCUT2D eigenvalue weighted by Gasteiger charge is -2.18. The fourth-order valence-corrected chi connectivity index (χ4v) is 2.66. The molecule has 6 heteroatoms. The Morgan fingerprint density at radius 2 is 1.30 bits per heavy atom. The zero-order chi connectivity index (χ0) is 22.3. The molecule has 0 N–H and O–H groups in total. The Morgan fingerprint density at radius 3 is 1.80 bits per heavy atom. The maximum absolute atomic E-state index is 12.2. The molecule has 2 aromatic carbocycles. The molecule has 0 aliphatic rings.